The van der Waals surface area contributed by atoms with E-state index in [1.165, 1.54) is 7.11 Å². The predicted molar refractivity (Wildman–Crippen MR) is 91.5 cm³/mol. The van der Waals surface area contributed by atoms with Crippen molar-refractivity contribution in [3.8, 4) is 0 Å². The lowest BCUT2D eigenvalue weighted by Gasteiger charge is -2.34. The number of ether oxygens (including phenoxy) is 4. The molecule has 1 saturated carbocycles. The summed E-state index contributed by atoms with van der Waals surface area (Å²) in [5, 5.41) is 28.8. The molecule has 0 aromatic carbocycles. The molecular weight excluding hydrogens is 344 g/mol. The Labute approximate surface area is 155 Å². The zero-order valence-corrected chi connectivity index (χ0v) is 15.2. The summed E-state index contributed by atoms with van der Waals surface area (Å²) in [7, 11) is 1.49. The molecule has 1 aliphatic heterocycles. The molecule has 1 heterocycles. The summed E-state index contributed by atoms with van der Waals surface area (Å²) in [5.74, 6) is -0.708. The Balaban J connectivity index is 2.04. The molecule has 2 rings (SSSR count). The second-order valence-electron chi connectivity index (χ2n) is 6.90. The van der Waals surface area contributed by atoms with Crippen LogP contribution in [0.3, 0.4) is 0 Å². The van der Waals surface area contributed by atoms with Crippen LogP contribution in [0.1, 0.15) is 33.5 Å². The third-order valence-electron chi connectivity index (χ3n) is 5.15. The lowest BCUT2D eigenvalue weighted by molar-refractivity contribution is -0.199. The Hall–Kier alpha value is -0.610. The minimum atomic E-state index is -0.870. The van der Waals surface area contributed by atoms with Gasteiger partial charge in [0.05, 0.1) is 39.0 Å². The van der Waals surface area contributed by atoms with Crippen molar-refractivity contribution in [1.29, 1.82) is 0 Å². The van der Waals surface area contributed by atoms with Crippen LogP contribution in [-0.2, 0) is 23.7 Å². The van der Waals surface area contributed by atoms with Gasteiger partial charge >= 0.3 is 0 Å². The molecule has 0 aromatic rings. The summed E-state index contributed by atoms with van der Waals surface area (Å²) in [6, 6.07) is 0. The van der Waals surface area contributed by atoms with Gasteiger partial charge in [-0.1, -0.05) is 0 Å². The second kappa shape index (κ2) is 11.3. The van der Waals surface area contributed by atoms with Gasteiger partial charge in [0.2, 0.25) is 0 Å². The Morgan fingerprint density at radius 1 is 1.42 bits per heavy atom. The first-order valence-corrected chi connectivity index (χ1v) is 9.24. The molecule has 0 spiro atoms. The van der Waals surface area contributed by atoms with Crippen molar-refractivity contribution in [2.24, 2.45) is 11.8 Å². The standard InChI is InChI=1S/C18H32O8/c1-23-18(25-9-3-12(21)11-20)17-14(2-6-19)15(22)10-16(17)26-13-4-7-24-8-5-13/h6,12-18,20-22H,2-5,7-11H2,1H3/t12?,14-,15-,16+,17+,18?/m1/s1/i7D/t7?,12?,13?,14-,15-,16+,17+,18?. The topological polar surface area (TPSA) is 115 Å². The van der Waals surface area contributed by atoms with Crippen LogP contribution < -0.4 is 0 Å². The molecule has 0 bridgehead atoms. The number of hydrogen-bond acceptors (Lipinski definition) is 8. The number of aliphatic hydroxyl groups excluding tert-OH is 3. The quantitative estimate of drug-likeness (QED) is 0.337. The van der Waals surface area contributed by atoms with E-state index in [0.29, 0.717) is 25.9 Å². The molecule has 8 atom stereocenters. The molecular formula is C18H32O8. The first-order valence-electron chi connectivity index (χ1n) is 9.82. The molecule has 0 amide bonds. The van der Waals surface area contributed by atoms with E-state index in [4.69, 9.17) is 25.4 Å². The van der Waals surface area contributed by atoms with Crippen molar-refractivity contribution < 1.29 is 40.4 Å². The third-order valence-corrected chi connectivity index (χ3v) is 5.15. The van der Waals surface area contributed by atoms with Gasteiger partial charge in [-0.05, 0) is 19.3 Å². The number of rotatable bonds is 11. The highest BCUT2D eigenvalue weighted by Gasteiger charge is 2.48. The fraction of sp³-hybridized carbons (Fsp3) is 0.944. The Morgan fingerprint density at radius 3 is 2.88 bits per heavy atom. The van der Waals surface area contributed by atoms with Crippen LogP contribution in [0.15, 0.2) is 0 Å². The van der Waals surface area contributed by atoms with E-state index in [2.05, 4.69) is 0 Å². The van der Waals surface area contributed by atoms with Crippen LogP contribution in [0.2, 0.25) is 0 Å². The number of carbonyl (C=O) groups is 1. The summed E-state index contributed by atoms with van der Waals surface area (Å²) in [6.07, 6.45) is -0.114. The van der Waals surface area contributed by atoms with Crippen molar-refractivity contribution >= 4 is 6.29 Å². The minimum absolute atomic E-state index is 0.148. The molecule has 3 N–H and O–H groups in total. The van der Waals surface area contributed by atoms with Crippen LogP contribution in [0.25, 0.3) is 0 Å². The molecule has 2 fully saturated rings. The monoisotopic (exact) mass is 377 g/mol. The van der Waals surface area contributed by atoms with Gasteiger partial charge in [-0.25, -0.2) is 0 Å². The summed E-state index contributed by atoms with van der Waals surface area (Å²) in [6.45, 7) is -0.339. The van der Waals surface area contributed by atoms with Crippen LogP contribution in [0.4, 0.5) is 0 Å². The van der Waals surface area contributed by atoms with E-state index in [1.54, 1.807) is 0 Å². The Bertz CT molecular complexity index is 440. The van der Waals surface area contributed by atoms with Crippen molar-refractivity contribution in [2.75, 3.05) is 33.5 Å². The van der Waals surface area contributed by atoms with Crippen molar-refractivity contribution in [3.05, 3.63) is 0 Å². The molecule has 152 valence electrons. The first kappa shape index (κ1) is 20.1. The number of aldehydes is 1. The summed E-state index contributed by atoms with van der Waals surface area (Å²) >= 11 is 0. The Kier molecular flexibility index (Phi) is 8.74. The first-order chi connectivity index (χ1) is 13.0. The molecule has 4 unspecified atom stereocenters. The highest BCUT2D eigenvalue weighted by Crippen LogP contribution is 2.41. The molecule has 1 saturated heterocycles. The van der Waals surface area contributed by atoms with E-state index in [9.17, 15) is 15.0 Å². The molecule has 8 heteroatoms. The van der Waals surface area contributed by atoms with Gasteiger partial charge < -0.3 is 39.1 Å². The zero-order chi connectivity index (χ0) is 19.8. The summed E-state index contributed by atoms with van der Waals surface area (Å²) in [4.78, 5) is 11.1. The highest BCUT2D eigenvalue weighted by atomic mass is 16.7. The van der Waals surface area contributed by atoms with Gasteiger partial charge in [0, 0.05) is 45.0 Å². The van der Waals surface area contributed by atoms with Crippen molar-refractivity contribution in [3.63, 3.8) is 0 Å². The second-order valence-corrected chi connectivity index (χ2v) is 6.90. The van der Waals surface area contributed by atoms with E-state index in [-0.39, 0.29) is 50.1 Å². The zero-order valence-electron chi connectivity index (χ0n) is 16.2. The maximum absolute atomic E-state index is 11.1. The van der Waals surface area contributed by atoms with Crippen LogP contribution >= 0.6 is 0 Å². The minimum Gasteiger partial charge on any atom is -0.394 e. The maximum atomic E-state index is 11.1. The van der Waals surface area contributed by atoms with Gasteiger partial charge in [0.15, 0.2) is 6.29 Å². The van der Waals surface area contributed by atoms with E-state index < -0.39 is 25.1 Å². The lowest BCUT2D eigenvalue weighted by atomic mass is 9.90. The average Bonchev–Trinajstić information content (AvgIpc) is 2.94. The predicted octanol–water partition coefficient (Wildman–Crippen LogP) is -0.131. The molecule has 0 aromatic heterocycles. The van der Waals surface area contributed by atoms with Gasteiger partial charge in [-0.15, -0.1) is 0 Å². The van der Waals surface area contributed by atoms with Crippen molar-refractivity contribution in [1.82, 2.24) is 0 Å². The van der Waals surface area contributed by atoms with Gasteiger partial charge in [0.25, 0.3) is 0 Å². The van der Waals surface area contributed by atoms with Crippen LogP contribution in [0.5, 0.6) is 0 Å². The van der Waals surface area contributed by atoms with Crippen molar-refractivity contribution in [2.45, 2.75) is 62.8 Å². The van der Waals surface area contributed by atoms with E-state index in [0.717, 1.165) is 6.29 Å². The molecule has 1 aliphatic carbocycles. The molecule has 26 heavy (non-hydrogen) atoms. The van der Waals surface area contributed by atoms with Crippen LogP contribution in [0, 0.1) is 11.8 Å². The van der Waals surface area contributed by atoms with Gasteiger partial charge in [0.1, 0.15) is 6.29 Å². The number of methoxy groups -OCH3 is 1. The fourth-order valence-corrected chi connectivity index (χ4v) is 3.75. The molecule has 2 aliphatic rings. The van der Waals surface area contributed by atoms with Gasteiger partial charge in [-0.3, -0.25) is 0 Å². The number of aliphatic hydroxyl groups is 3. The summed E-state index contributed by atoms with van der Waals surface area (Å²) < 4.78 is 30.4. The highest BCUT2D eigenvalue weighted by molar-refractivity contribution is 5.50. The largest absolute Gasteiger partial charge is 0.394 e. The van der Waals surface area contributed by atoms with Crippen LogP contribution in [-0.4, -0.2) is 85.8 Å². The summed E-state index contributed by atoms with van der Waals surface area (Å²) in [5.41, 5.74) is 0. The lowest BCUT2D eigenvalue weighted by Crippen LogP contribution is -2.40. The third kappa shape index (κ3) is 5.95. The van der Waals surface area contributed by atoms with E-state index >= 15 is 0 Å². The SMILES string of the molecule is [2H]C1CC(O[C@H]2C[C@@H](O)[C@@H](CC=O)[C@@H]2C(OC)OCCC(O)CO)CCO1. The number of hydrogen-bond donors (Lipinski definition) is 3. The van der Waals surface area contributed by atoms with Gasteiger partial charge in [-0.2, -0.15) is 0 Å². The smallest absolute Gasteiger partial charge is 0.162 e. The molecule has 0 radical (unpaired) electrons. The normalized spacial score (nSPS) is 37.9. The maximum Gasteiger partial charge on any atom is 0.162 e. The fourth-order valence-electron chi connectivity index (χ4n) is 3.75. The average molecular weight is 377 g/mol. The Morgan fingerprint density at radius 2 is 2.23 bits per heavy atom. The van der Waals surface area contributed by atoms with E-state index in [1.807, 2.05) is 0 Å². The number of carbonyl (C=O) groups excluding carboxylic acids is 1. The molecule has 8 nitrogen and oxygen atoms in total.